The summed E-state index contributed by atoms with van der Waals surface area (Å²) in [5.41, 5.74) is 0.952. The van der Waals surface area contributed by atoms with Crippen LogP contribution in [0, 0.1) is 6.92 Å². The van der Waals surface area contributed by atoms with E-state index < -0.39 is 12.1 Å². The zero-order valence-electron chi connectivity index (χ0n) is 9.47. The van der Waals surface area contributed by atoms with E-state index >= 15 is 0 Å². The second-order valence-electron chi connectivity index (χ2n) is 3.67. The number of carboxylic acids is 1. The zero-order chi connectivity index (χ0) is 12.3. The Balaban J connectivity index is 3.01. The molecule has 1 aromatic heterocycles. The Kier molecular flexibility index (Phi) is 4.32. The first-order valence-corrected chi connectivity index (χ1v) is 5.85. The Bertz CT molecular complexity index is 393. The van der Waals surface area contributed by atoms with Crippen LogP contribution >= 0.6 is 11.8 Å². The summed E-state index contributed by atoms with van der Waals surface area (Å²) in [6.07, 6.45) is -0.506. The lowest BCUT2D eigenvalue weighted by Gasteiger charge is -2.14. The number of rotatable bonds is 4. The summed E-state index contributed by atoms with van der Waals surface area (Å²) in [6.45, 7) is 5.32. The van der Waals surface area contributed by atoms with Crippen molar-refractivity contribution in [2.24, 2.45) is 0 Å². The fourth-order valence-electron chi connectivity index (χ4n) is 1.06. The van der Waals surface area contributed by atoms with Crippen molar-refractivity contribution in [1.82, 2.24) is 4.98 Å². The van der Waals surface area contributed by atoms with Gasteiger partial charge in [-0.2, -0.15) is 0 Å². The molecule has 5 heteroatoms. The molecule has 0 spiro atoms. The number of aromatic carboxylic acids is 1. The molecule has 0 aliphatic heterocycles. The molecule has 1 rings (SSSR count). The van der Waals surface area contributed by atoms with Crippen molar-refractivity contribution in [1.29, 1.82) is 0 Å². The molecule has 2 atom stereocenters. The van der Waals surface area contributed by atoms with Gasteiger partial charge in [-0.1, -0.05) is 18.7 Å². The van der Waals surface area contributed by atoms with Gasteiger partial charge in [0, 0.05) is 10.9 Å². The summed E-state index contributed by atoms with van der Waals surface area (Å²) >= 11 is 1.28. The summed E-state index contributed by atoms with van der Waals surface area (Å²) < 4.78 is 0. The number of pyridine rings is 1. The van der Waals surface area contributed by atoms with E-state index in [1.54, 1.807) is 19.1 Å². The lowest BCUT2D eigenvalue weighted by Crippen LogP contribution is -2.16. The summed E-state index contributed by atoms with van der Waals surface area (Å²) in [4.78, 5) is 15.2. The van der Waals surface area contributed by atoms with Crippen molar-refractivity contribution in [3.05, 3.63) is 23.4 Å². The molecule has 88 valence electrons. The van der Waals surface area contributed by atoms with E-state index in [1.807, 2.05) is 13.8 Å². The van der Waals surface area contributed by atoms with E-state index in [0.29, 0.717) is 5.03 Å². The quantitative estimate of drug-likeness (QED) is 0.788. The van der Waals surface area contributed by atoms with Gasteiger partial charge >= 0.3 is 5.97 Å². The molecular formula is C11H15NO3S. The molecular weight excluding hydrogens is 226 g/mol. The van der Waals surface area contributed by atoms with E-state index in [1.165, 1.54) is 11.8 Å². The Morgan fingerprint density at radius 1 is 1.44 bits per heavy atom. The third kappa shape index (κ3) is 3.21. The summed E-state index contributed by atoms with van der Waals surface area (Å²) in [5.74, 6) is -0.993. The average molecular weight is 241 g/mol. The first-order valence-electron chi connectivity index (χ1n) is 4.97. The maximum absolute atomic E-state index is 11.0. The topological polar surface area (TPSA) is 70.4 Å². The number of aromatic nitrogens is 1. The number of carboxylic acid groups (broad SMARTS) is 1. The molecule has 0 saturated carbocycles. The second kappa shape index (κ2) is 5.32. The first-order chi connectivity index (χ1) is 7.41. The van der Waals surface area contributed by atoms with Gasteiger partial charge in [-0.3, -0.25) is 0 Å². The highest BCUT2D eigenvalue weighted by atomic mass is 32.2. The van der Waals surface area contributed by atoms with Crippen LogP contribution in [-0.2, 0) is 0 Å². The van der Waals surface area contributed by atoms with Crippen LogP contribution in [0.2, 0.25) is 0 Å². The Morgan fingerprint density at radius 3 is 2.56 bits per heavy atom. The predicted molar refractivity (Wildman–Crippen MR) is 62.9 cm³/mol. The van der Waals surface area contributed by atoms with Gasteiger partial charge in [0.2, 0.25) is 0 Å². The molecule has 0 aliphatic carbocycles. The van der Waals surface area contributed by atoms with Crippen LogP contribution in [0.1, 0.15) is 29.9 Å². The predicted octanol–water partition coefficient (Wildman–Crippen LogP) is 1.95. The van der Waals surface area contributed by atoms with Crippen LogP contribution in [0.3, 0.4) is 0 Å². The lowest BCUT2D eigenvalue weighted by atomic mass is 10.2. The number of hydrogen-bond acceptors (Lipinski definition) is 4. The summed E-state index contributed by atoms with van der Waals surface area (Å²) in [5, 5.41) is 18.7. The fraction of sp³-hybridized carbons (Fsp3) is 0.455. The second-order valence-corrected chi connectivity index (χ2v) is 5.04. The number of carbonyl (C=O) groups is 1. The molecule has 0 bridgehead atoms. The van der Waals surface area contributed by atoms with E-state index in [4.69, 9.17) is 5.11 Å². The Morgan fingerprint density at radius 2 is 2.06 bits per heavy atom. The van der Waals surface area contributed by atoms with Crippen LogP contribution < -0.4 is 0 Å². The van der Waals surface area contributed by atoms with Crippen molar-refractivity contribution in [3.8, 4) is 0 Å². The molecule has 0 aromatic carbocycles. The van der Waals surface area contributed by atoms with Crippen molar-refractivity contribution in [3.63, 3.8) is 0 Å². The third-order valence-electron chi connectivity index (χ3n) is 2.21. The van der Waals surface area contributed by atoms with Gasteiger partial charge in [-0.25, -0.2) is 9.78 Å². The Hall–Kier alpha value is -1.07. The first kappa shape index (κ1) is 13.0. The average Bonchev–Trinajstić information content (AvgIpc) is 2.16. The fourth-order valence-corrected chi connectivity index (χ4v) is 2.09. The van der Waals surface area contributed by atoms with E-state index in [-0.39, 0.29) is 10.8 Å². The van der Waals surface area contributed by atoms with Gasteiger partial charge in [0.1, 0.15) is 5.03 Å². The number of aliphatic hydroxyl groups excluding tert-OH is 1. The molecule has 0 radical (unpaired) electrons. The van der Waals surface area contributed by atoms with Crippen molar-refractivity contribution in [2.75, 3.05) is 0 Å². The normalized spacial score (nSPS) is 14.5. The minimum absolute atomic E-state index is 0.0904. The molecule has 16 heavy (non-hydrogen) atoms. The number of aryl methyl sites for hydroxylation is 1. The highest BCUT2D eigenvalue weighted by Crippen LogP contribution is 2.27. The summed E-state index contributed by atoms with van der Waals surface area (Å²) in [6, 6.07) is 3.21. The highest BCUT2D eigenvalue weighted by Gasteiger charge is 2.17. The van der Waals surface area contributed by atoms with Gasteiger partial charge in [-0.15, -0.1) is 0 Å². The molecule has 1 aromatic rings. The van der Waals surface area contributed by atoms with Crippen LogP contribution in [-0.4, -0.2) is 32.5 Å². The number of thioether (sulfide) groups is 1. The summed E-state index contributed by atoms with van der Waals surface area (Å²) in [7, 11) is 0. The van der Waals surface area contributed by atoms with Crippen molar-refractivity contribution < 1.29 is 15.0 Å². The molecule has 0 aliphatic rings. The molecule has 0 fully saturated rings. The van der Waals surface area contributed by atoms with Gasteiger partial charge in [0.05, 0.1) is 11.7 Å². The van der Waals surface area contributed by atoms with Gasteiger partial charge in [-0.05, 0) is 26.0 Å². The van der Waals surface area contributed by atoms with Gasteiger partial charge < -0.3 is 10.2 Å². The number of hydrogen-bond donors (Lipinski definition) is 2. The largest absolute Gasteiger partial charge is 0.478 e. The molecule has 0 amide bonds. The van der Waals surface area contributed by atoms with E-state index in [0.717, 1.165) is 5.69 Å². The van der Waals surface area contributed by atoms with Crippen LogP contribution in [0.25, 0.3) is 0 Å². The maximum Gasteiger partial charge on any atom is 0.338 e. The Labute approximate surface area is 98.7 Å². The molecule has 4 nitrogen and oxygen atoms in total. The van der Waals surface area contributed by atoms with Gasteiger partial charge in [0.15, 0.2) is 0 Å². The minimum atomic E-state index is -0.993. The lowest BCUT2D eigenvalue weighted by molar-refractivity contribution is 0.0692. The standard InChI is InChI=1S/C11H15NO3S/c1-6-4-5-9(11(14)15)10(12-6)16-8(3)7(2)13/h4-5,7-8,13H,1-3H3,(H,14,15). The van der Waals surface area contributed by atoms with E-state index in [9.17, 15) is 9.90 Å². The molecule has 2 unspecified atom stereocenters. The monoisotopic (exact) mass is 241 g/mol. The molecule has 1 heterocycles. The van der Waals surface area contributed by atoms with Crippen molar-refractivity contribution in [2.45, 2.75) is 37.2 Å². The van der Waals surface area contributed by atoms with Gasteiger partial charge in [0.25, 0.3) is 0 Å². The van der Waals surface area contributed by atoms with Crippen molar-refractivity contribution >= 4 is 17.7 Å². The van der Waals surface area contributed by atoms with E-state index in [2.05, 4.69) is 4.98 Å². The molecule has 0 saturated heterocycles. The smallest absolute Gasteiger partial charge is 0.338 e. The van der Waals surface area contributed by atoms with Crippen LogP contribution in [0.15, 0.2) is 17.2 Å². The van der Waals surface area contributed by atoms with Crippen LogP contribution in [0.4, 0.5) is 0 Å². The number of nitrogens with zero attached hydrogens (tertiary/aromatic N) is 1. The SMILES string of the molecule is Cc1ccc(C(=O)O)c(SC(C)C(C)O)n1. The minimum Gasteiger partial charge on any atom is -0.478 e. The van der Waals surface area contributed by atoms with Crippen LogP contribution in [0.5, 0.6) is 0 Å². The molecule has 2 N–H and O–H groups in total. The zero-order valence-corrected chi connectivity index (χ0v) is 10.3. The number of aliphatic hydroxyl groups is 1. The highest BCUT2D eigenvalue weighted by molar-refractivity contribution is 8.00. The maximum atomic E-state index is 11.0. The third-order valence-corrected chi connectivity index (χ3v) is 3.51.